The summed E-state index contributed by atoms with van der Waals surface area (Å²) in [6, 6.07) is 0. The van der Waals surface area contributed by atoms with Crippen LogP contribution in [0.2, 0.25) is 0 Å². The zero-order valence-electron chi connectivity index (χ0n) is 15.0. The van der Waals surface area contributed by atoms with Crippen molar-refractivity contribution >= 4 is 38.6 Å². The molecule has 2 rings (SSSR count). The largest absolute Gasteiger partial charge is 0.480 e. The number of hydrogen-bond acceptors (Lipinski definition) is 8. The maximum Gasteiger partial charge on any atom is 0.327 e. The molecule has 9 nitrogen and oxygen atoms in total. The lowest BCUT2D eigenvalue weighted by Crippen LogP contribution is -2.24. The smallest absolute Gasteiger partial charge is 0.327 e. The van der Waals surface area contributed by atoms with Crippen LogP contribution in [-0.2, 0) is 25.2 Å². The highest BCUT2D eigenvalue weighted by molar-refractivity contribution is 8.05. The van der Waals surface area contributed by atoms with E-state index in [0.717, 1.165) is 0 Å². The maximum absolute atomic E-state index is 11.7. The Hall–Kier alpha value is -2.03. The summed E-state index contributed by atoms with van der Waals surface area (Å²) in [5, 5.41) is 9.46. The molecule has 0 aliphatic heterocycles. The topological polar surface area (TPSA) is 136 Å². The average Bonchev–Trinajstić information content (AvgIpc) is 3.41. The number of nitrogen functional groups attached to an aromatic ring is 1. The van der Waals surface area contributed by atoms with Crippen molar-refractivity contribution in [3.05, 3.63) is 28.2 Å². The molecule has 1 saturated carbocycles. The van der Waals surface area contributed by atoms with E-state index in [1.165, 1.54) is 16.7 Å². The standard InChI is InChI=1S/C16H21N4O5PS/c1-10(20(9-21)8-12-7-18-11(2)19-14(12)17)13(3-6-25-26-24)27-16(4-5-16)15(22)23/h7,9H,3-6,8H2,1-2H3,(H,22,23)(H2,17,18,19)/b13-10-. The predicted molar refractivity (Wildman–Crippen MR) is 101 cm³/mol. The number of nitrogens with two attached hydrogens (primary N) is 1. The Morgan fingerprint density at radius 3 is 2.78 bits per heavy atom. The molecule has 146 valence electrons. The van der Waals surface area contributed by atoms with Crippen LogP contribution < -0.4 is 5.73 Å². The third-order valence-corrected chi connectivity index (χ3v) is 6.21. The first kappa shape index (κ1) is 21.3. The molecule has 0 saturated heterocycles. The van der Waals surface area contributed by atoms with E-state index in [1.807, 2.05) is 0 Å². The van der Waals surface area contributed by atoms with E-state index < -0.39 is 19.4 Å². The van der Waals surface area contributed by atoms with Crippen molar-refractivity contribution in [2.24, 2.45) is 0 Å². The minimum atomic E-state index is -0.880. The number of carbonyl (C=O) groups excluding carboxylic acids is 1. The Morgan fingerprint density at radius 1 is 1.56 bits per heavy atom. The van der Waals surface area contributed by atoms with Crippen molar-refractivity contribution in [2.75, 3.05) is 12.3 Å². The monoisotopic (exact) mass is 412 g/mol. The summed E-state index contributed by atoms with van der Waals surface area (Å²) in [6.45, 7) is 3.75. The van der Waals surface area contributed by atoms with Crippen LogP contribution in [0.3, 0.4) is 0 Å². The van der Waals surface area contributed by atoms with Crippen LogP contribution in [0.25, 0.3) is 0 Å². The zero-order valence-corrected chi connectivity index (χ0v) is 16.8. The van der Waals surface area contributed by atoms with Crippen molar-refractivity contribution in [3.63, 3.8) is 0 Å². The molecule has 1 heterocycles. The van der Waals surface area contributed by atoms with E-state index in [4.69, 9.17) is 10.3 Å². The number of carboxylic acid groups (broad SMARTS) is 1. The number of allylic oxidation sites excluding steroid dienone is 1. The van der Waals surface area contributed by atoms with Gasteiger partial charge in [-0.15, -0.1) is 11.8 Å². The van der Waals surface area contributed by atoms with E-state index in [-0.39, 0.29) is 19.0 Å². The minimum Gasteiger partial charge on any atom is -0.480 e. The lowest BCUT2D eigenvalue weighted by atomic mass is 10.2. The summed E-state index contributed by atoms with van der Waals surface area (Å²) >= 11 is 1.22. The summed E-state index contributed by atoms with van der Waals surface area (Å²) in [5.41, 5.74) is 7.08. The van der Waals surface area contributed by atoms with Gasteiger partial charge >= 0.3 is 14.7 Å². The average molecular weight is 412 g/mol. The summed E-state index contributed by atoms with van der Waals surface area (Å²) in [4.78, 5) is 33.5. The number of anilines is 1. The minimum absolute atomic E-state index is 0.142. The molecule has 0 radical (unpaired) electrons. The molecule has 1 amide bonds. The van der Waals surface area contributed by atoms with Gasteiger partial charge in [0.15, 0.2) is 0 Å². The second-order valence-electron chi connectivity index (χ2n) is 6.13. The highest BCUT2D eigenvalue weighted by Crippen LogP contribution is 2.53. The maximum atomic E-state index is 11.7. The summed E-state index contributed by atoms with van der Waals surface area (Å²) in [6.07, 6.45) is 3.68. The molecule has 0 bridgehead atoms. The highest BCUT2D eigenvalue weighted by Gasteiger charge is 2.52. The van der Waals surface area contributed by atoms with Crippen molar-refractivity contribution in [3.8, 4) is 0 Å². The van der Waals surface area contributed by atoms with Gasteiger partial charge in [0.05, 0.1) is 13.2 Å². The van der Waals surface area contributed by atoms with Gasteiger partial charge in [-0.05, 0) is 26.7 Å². The van der Waals surface area contributed by atoms with Gasteiger partial charge in [-0.2, -0.15) is 0 Å². The molecule has 1 aliphatic rings. The van der Waals surface area contributed by atoms with Crippen molar-refractivity contribution in [1.29, 1.82) is 0 Å². The van der Waals surface area contributed by atoms with Crippen LogP contribution in [0.1, 0.15) is 37.6 Å². The Bertz CT molecular complexity index is 769. The van der Waals surface area contributed by atoms with E-state index >= 15 is 0 Å². The van der Waals surface area contributed by atoms with Gasteiger partial charge < -0.3 is 15.7 Å². The van der Waals surface area contributed by atoms with Crippen LogP contribution in [0.5, 0.6) is 0 Å². The number of hydrogen-bond donors (Lipinski definition) is 2. The molecule has 3 N–H and O–H groups in total. The lowest BCUT2D eigenvalue weighted by molar-refractivity contribution is -0.137. The van der Waals surface area contributed by atoms with Crippen molar-refractivity contribution < 1.29 is 23.8 Å². The van der Waals surface area contributed by atoms with Crippen LogP contribution in [-0.4, -0.2) is 43.7 Å². The molecule has 1 aliphatic carbocycles. The third kappa shape index (κ3) is 5.47. The number of carboxylic acids is 1. The molecule has 1 aromatic rings. The fourth-order valence-electron chi connectivity index (χ4n) is 2.40. The van der Waals surface area contributed by atoms with Gasteiger partial charge in [0.1, 0.15) is 16.4 Å². The van der Waals surface area contributed by atoms with Gasteiger partial charge in [0.25, 0.3) is 0 Å². The molecule has 0 atom stereocenters. The number of aromatic nitrogens is 2. The molecule has 1 fully saturated rings. The van der Waals surface area contributed by atoms with Crippen LogP contribution in [0, 0.1) is 6.92 Å². The summed E-state index contributed by atoms with van der Waals surface area (Å²) in [5.74, 6) is -0.0629. The molecule has 0 spiro atoms. The SMILES string of the molecule is C/C(=C(\CCOP=O)SC1(C(=O)O)CC1)N(C=O)Cc1cnc(C)nc1N. The van der Waals surface area contributed by atoms with E-state index in [1.54, 1.807) is 20.0 Å². The molecular weight excluding hydrogens is 391 g/mol. The number of carbonyl (C=O) groups is 2. The van der Waals surface area contributed by atoms with Gasteiger partial charge in [0.2, 0.25) is 6.41 Å². The first-order chi connectivity index (χ1) is 12.8. The van der Waals surface area contributed by atoms with Crippen molar-refractivity contribution in [1.82, 2.24) is 14.9 Å². The summed E-state index contributed by atoms with van der Waals surface area (Å²) < 4.78 is 14.5. The van der Waals surface area contributed by atoms with Crippen LogP contribution in [0.15, 0.2) is 16.8 Å². The number of aryl methyl sites for hydroxylation is 1. The number of amides is 1. The normalized spacial score (nSPS) is 15.9. The fraction of sp³-hybridized carbons (Fsp3) is 0.500. The van der Waals surface area contributed by atoms with E-state index in [2.05, 4.69) is 9.97 Å². The first-order valence-corrected chi connectivity index (χ1v) is 9.74. The van der Waals surface area contributed by atoms with E-state index in [0.29, 0.717) is 47.7 Å². The molecule has 27 heavy (non-hydrogen) atoms. The van der Waals surface area contributed by atoms with Gasteiger partial charge in [0, 0.05) is 28.8 Å². The second-order valence-corrected chi connectivity index (χ2v) is 8.01. The lowest BCUT2D eigenvalue weighted by Gasteiger charge is -2.23. The first-order valence-electron chi connectivity index (χ1n) is 8.19. The van der Waals surface area contributed by atoms with Gasteiger partial charge in [-0.1, -0.05) is 0 Å². The molecular formula is C16H21N4O5PS. The highest BCUT2D eigenvalue weighted by atomic mass is 32.2. The van der Waals surface area contributed by atoms with Crippen LogP contribution in [0.4, 0.5) is 5.82 Å². The Kier molecular flexibility index (Phi) is 7.29. The van der Waals surface area contributed by atoms with E-state index in [9.17, 15) is 19.3 Å². The Labute approximate surface area is 162 Å². The number of rotatable bonds is 11. The molecule has 0 unspecified atom stereocenters. The quantitative estimate of drug-likeness (QED) is 0.319. The van der Waals surface area contributed by atoms with Crippen molar-refractivity contribution in [2.45, 2.75) is 44.4 Å². The zero-order chi connectivity index (χ0) is 20.0. The van der Waals surface area contributed by atoms with Gasteiger partial charge in [-0.3, -0.25) is 14.1 Å². The Morgan fingerprint density at radius 2 is 2.26 bits per heavy atom. The number of aliphatic carboxylic acids is 1. The fourth-order valence-corrected chi connectivity index (χ4v) is 3.88. The molecule has 1 aromatic heterocycles. The summed E-state index contributed by atoms with van der Waals surface area (Å²) in [7, 11) is -0.447. The number of thioether (sulfide) groups is 1. The molecule has 0 aromatic carbocycles. The predicted octanol–water partition coefficient (Wildman–Crippen LogP) is 2.52. The van der Waals surface area contributed by atoms with Crippen LogP contribution >= 0.6 is 20.4 Å². The Balaban J connectivity index is 2.27. The number of nitrogens with zero attached hydrogens (tertiary/aromatic N) is 3. The second kappa shape index (κ2) is 9.25. The van der Waals surface area contributed by atoms with Gasteiger partial charge in [-0.25, -0.2) is 14.5 Å². The molecule has 11 heteroatoms. The third-order valence-electron chi connectivity index (χ3n) is 4.21.